The van der Waals surface area contributed by atoms with E-state index in [1.165, 1.54) is 44.6 Å². The largest absolute Gasteiger partial charge is 0.478 e. The van der Waals surface area contributed by atoms with Crippen molar-refractivity contribution < 1.29 is 9.90 Å². The molecule has 0 aliphatic carbocycles. The molecule has 0 fully saturated rings. The lowest BCUT2D eigenvalue weighted by Gasteiger charge is -2.09. The van der Waals surface area contributed by atoms with E-state index in [-0.39, 0.29) is 0 Å². The number of carboxylic acid groups (broad SMARTS) is 1. The lowest BCUT2D eigenvalue weighted by molar-refractivity contribution is -0.131. The van der Waals surface area contributed by atoms with Crippen LogP contribution in [0.15, 0.2) is 36.5 Å². The molecule has 0 aromatic carbocycles. The van der Waals surface area contributed by atoms with E-state index >= 15 is 0 Å². The van der Waals surface area contributed by atoms with Crippen LogP contribution in [-0.2, 0) is 4.79 Å². The van der Waals surface area contributed by atoms with Crippen LogP contribution in [0, 0.1) is 5.92 Å². The fourth-order valence-corrected chi connectivity index (χ4v) is 2.46. The zero-order valence-corrected chi connectivity index (χ0v) is 14.5. The smallest absolute Gasteiger partial charge is 0.327 e. The van der Waals surface area contributed by atoms with Gasteiger partial charge in [0.15, 0.2) is 0 Å². The van der Waals surface area contributed by atoms with Crippen LogP contribution in [0.5, 0.6) is 0 Å². The highest BCUT2D eigenvalue weighted by atomic mass is 16.4. The predicted molar refractivity (Wildman–Crippen MR) is 96.1 cm³/mol. The number of unbranched alkanes of at least 4 members (excludes halogenated alkanes) is 4. The van der Waals surface area contributed by atoms with E-state index in [0.717, 1.165) is 31.6 Å². The molecule has 1 N–H and O–H groups in total. The maximum Gasteiger partial charge on any atom is 0.327 e. The molecule has 0 aromatic heterocycles. The van der Waals surface area contributed by atoms with Gasteiger partial charge in [-0.2, -0.15) is 0 Å². The second-order valence-corrected chi connectivity index (χ2v) is 5.86. The molecule has 0 saturated carbocycles. The Hall–Kier alpha value is -1.31. The summed E-state index contributed by atoms with van der Waals surface area (Å²) in [6.45, 7) is 4.54. The van der Waals surface area contributed by atoms with Crippen LogP contribution in [-0.4, -0.2) is 11.1 Å². The minimum atomic E-state index is -0.851. The highest BCUT2D eigenvalue weighted by Crippen LogP contribution is 2.15. The molecular weight excluding hydrogens is 272 g/mol. The van der Waals surface area contributed by atoms with Gasteiger partial charge in [0.25, 0.3) is 0 Å². The van der Waals surface area contributed by atoms with Crippen LogP contribution >= 0.6 is 0 Å². The Morgan fingerprint density at radius 3 is 2.27 bits per heavy atom. The molecule has 0 rings (SSSR count). The molecule has 1 unspecified atom stereocenters. The van der Waals surface area contributed by atoms with Crippen molar-refractivity contribution in [1.82, 2.24) is 0 Å². The Labute approximate surface area is 137 Å². The van der Waals surface area contributed by atoms with Crippen molar-refractivity contribution in [3.05, 3.63) is 36.5 Å². The molecular formula is C20H34O2. The summed E-state index contributed by atoms with van der Waals surface area (Å²) in [4.78, 5) is 10.3. The van der Waals surface area contributed by atoms with E-state index in [9.17, 15) is 4.79 Å². The lowest BCUT2D eigenvalue weighted by atomic mass is 9.97. The zero-order valence-electron chi connectivity index (χ0n) is 14.5. The van der Waals surface area contributed by atoms with Crippen LogP contribution in [0.25, 0.3) is 0 Å². The first-order chi connectivity index (χ1) is 10.7. The highest BCUT2D eigenvalue weighted by molar-refractivity contribution is 5.79. The van der Waals surface area contributed by atoms with Crippen LogP contribution in [0.3, 0.4) is 0 Å². The Morgan fingerprint density at radius 2 is 1.64 bits per heavy atom. The molecule has 2 nitrogen and oxygen atoms in total. The summed E-state index contributed by atoms with van der Waals surface area (Å²) in [6.07, 6.45) is 23.7. The Bertz CT molecular complexity index is 340. The molecule has 0 aliphatic heterocycles. The summed E-state index contributed by atoms with van der Waals surface area (Å²) in [6, 6.07) is 0. The third kappa shape index (κ3) is 15.1. The van der Waals surface area contributed by atoms with E-state index in [0.29, 0.717) is 0 Å². The fraction of sp³-hybridized carbons (Fsp3) is 0.650. The SMILES string of the molecule is CCCC(CC)CC=CCC=CCCCCCC=CC(=O)O. The lowest BCUT2D eigenvalue weighted by Crippen LogP contribution is -1.95. The second-order valence-electron chi connectivity index (χ2n) is 5.86. The van der Waals surface area contributed by atoms with Crippen LogP contribution in [0.2, 0.25) is 0 Å². The summed E-state index contributed by atoms with van der Waals surface area (Å²) in [5.74, 6) is 0.0105. The van der Waals surface area contributed by atoms with Crippen LogP contribution < -0.4 is 0 Å². The Balaban J connectivity index is 3.45. The molecule has 0 amide bonds. The normalized spacial score (nSPS) is 13.5. The highest BCUT2D eigenvalue weighted by Gasteiger charge is 2.00. The zero-order chi connectivity index (χ0) is 16.5. The van der Waals surface area contributed by atoms with Gasteiger partial charge in [0.2, 0.25) is 0 Å². The topological polar surface area (TPSA) is 37.3 Å². The van der Waals surface area contributed by atoms with Gasteiger partial charge in [-0.1, -0.05) is 69.9 Å². The van der Waals surface area contributed by atoms with Gasteiger partial charge in [-0.3, -0.25) is 0 Å². The molecule has 0 saturated heterocycles. The monoisotopic (exact) mass is 306 g/mol. The van der Waals surface area contributed by atoms with Crippen molar-refractivity contribution in [3.8, 4) is 0 Å². The van der Waals surface area contributed by atoms with Crippen molar-refractivity contribution >= 4 is 5.97 Å². The van der Waals surface area contributed by atoms with Gasteiger partial charge in [0.1, 0.15) is 0 Å². The van der Waals surface area contributed by atoms with Crippen LogP contribution in [0.4, 0.5) is 0 Å². The van der Waals surface area contributed by atoms with Gasteiger partial charge in [0, 0.05) is 6.08 Å². The fourth-order valence-electron chi connectivity index (χ4n) is 2.46. The van der Waals surface area contributed by atoms with Crippen molar-refractivity contribution in [2.75, 3.05) is 0 Å². The average Bonchev–Trinajstić information content (AvgIpc) is 2.50. The first kappa shape index (κ1) is 20.7. The van der Waals surface area contributed by atoms with Gasteiger partial charge >= 0.3 is 5.97 Å². The summed E-state index contributed by atoms with van der Waals surface area (Å²) < 4.78 is 0. The van der Waals surface area contributed by atoms with Gasteiger partial charge in [-0.15, -0.1) is 0 Å². The molecule has 2 heteroatoms. The summed E-state index contributed by atoms with van der Waals surface area (Å²) >= 11 is 0. The number of hydrogen-bond donors (Lipinski definition) is 1. The molecule has 0 aliphatic rings. The minimum absolute atomic E-state index is 0.851. The first-order valence-corrected chi connectivity index (χ1v) is 8.90. The minimum Gasteiger partial charge on any atom is -0.478 e. The Morgan fingerprint density at radius 1 is 0.955 bits per heavy atom. The van der Waals surface area contributed by atoms with Crippen molar-refractivity contribution in [3.63, 3.8) is 0 Å². The van der Waals surface area contributed by atoms with Gasteiger partial charge in [0.05, 0.1) is 0 Å². The molecule has 0 bridgehead atoms. The van der Waals surface area contributed by atoms with Gasteiger partial charge < -0.3 is 5.11 Å². The Kier molecular flexibility index (Phi) is 15.1. The maximum absolute atomic E-state index is 10.3. The summed E-state index contributed by atoms with van der Waals surface area (Å²) in [7, 11) is 0. The number of rotatable bonds is 14. The maximum atomic E-state index is 10.3. The van der Waals surface area contributed by atoms with E-state index in [1.54, 1.807) is 6.08 Å². The van der Waals surface area contributed by atoms with Crippen molar-refractivity contribution in [1.29, 1.82) is 0 Å². The number of carboxylic acids is 1. The van der Waals surface area contributed by atoms with Crippen molar-refractivity contribution in [2.45, 2.75) is 78.1 Å². The third-order valence-electron chi connectivity index (χ3n) is 3.85. The van der Waals surface area contributed by atoms with E-state index in [1.807, 2.05) is 0 Å². The number of allylic oxidation sites excluding steroid dienone is 5. The molecule has 1 atom stereocenters. The first-order valence-electron chi connectivity index (χ1n) is 8.90. The third-order valence-corrected chi connectivity index (χ3v) is 3.85. The summed E-state index contributed by atoms with van der Waals surface area (Å²) in [5, 5.41) is 8.44. The molecule has 126 valence electrons. The standard InChI is InChI=1S/C20H34O2/c1-3-16-19(4-2)17-14-12-10-8-6-5-7-9-11-13-15-18-20(21)22/h6,8,12,14-15,18-19H,3-5,7,9-11,13,16-17H2,1-2H3,(H,21,22). The van der Waals surface area contributed by atoms with E-state index < -0.39 is 5.97 Å². The quantitative estimate of drug-likeness (QED) is 0.232. The number of aliphatic carboxylic acids is 1. The van der Waals surface area contributed by atoms with Crippen LogP contribution in [0.1, 0.15) is 78.1 Å². The molecule has 0 aromatic rings. The average molecular weight is 306 g/mol. The number of hydrogen-bond acceptors (Lipinski definition) is 1. The molecule has 0 heterocycles. The van der Waals surface area contributed by atoms with E-state index in [2.05, 4.69) is 38.2 Å². The van der Waals surface area contributed by atoms with Gasteiger partial charge in [-0.05, 0) is 44.4 Å². The molecule has 0 radical (unpaired) electrons. The molecule has 0 spiro atoms. The van der Waals surface area contributed by atoms with Gasteiger partial charge in [-0.25, -0.2) is 4.79 Å². The molecule has 22 heavy (non-hydrogen) atoms. The second kappa shape index (κ2) is 16.1. The van der Waals surface area contributed by atoms with Crippen molar-refractivity contribution in [2.24, 2.45) is 5.92 Å². The van der Waals surface area contributed by atoms with E-state index in [4.69, 9.17) is 5.11 Å². The summed E-state index contributed by atoms with van der Waals surface area (Å²) in [5.41, 5.74) is 0. The predicted octanol–water partition coefficient (Wildman–Crippen LogP) is 6.30. The number of carbonyl (C=O) groups is 1.